The highest BCUT2D eigenvalue weighted by Crippen LogP contribution is 2.42. The van der Waals surface area contributed by atoms with Crippen molar-refractivity contribution in [3.8, 4) is 33.4 Å². The van der Waals surface area contributed by atoms with Crippen LogP contribution in [0.1, 0.15) is 153 Å². The Hall–Kier alpha value is -7.90. The summed E-state index contributed by atoms with van der Waals surface area (Å²) in [4.78, 5) is 27.6. The van der Waals surface area contributed by atoms with Crippen LogP contribution in [0.4, 0.5) is 32.4 Å². The Morgan fingerprint density at radius 3 is 1.50 bits per heavy atom. The predicted molar refractivity (Wildman–Crippen MR) is 384 cm³/mol. The molecule has 544 valence electrons. The fourth-order valence-electron chi connectivity index (χ4n) is 14.3. The molecule has 0 radical (unpaired) electrons. The van der Waals surface area contributed by atoms with Crippen molar-refractivity contribution >= 4 is 50.1 Å². The Morgan fingerprint density at radius 1 is 0.584 bits per heavy atom. The van der Waals surface area contributed by atoms with Gasteiger partial charge in [0.05, 0.1) is 103 Å². The van der Waals surface area contributed by atoms with Gasteiger partial charge in [0.15, 0.2) is 9.84 Å². The van der Waals surface area contributed by atoms with E-state index in [1.807, 2.05) is 45.4 Å². The smallest absolute Gasteiger partial charge is 0.345 e. The van der Waals surface area contributed by atoms with Crippen LogP contribution in [0.2, 0.25) is 0 Å². The lowest BCUT2D eigenvalue weighted by molar-refractivity contribution is -0.130. The average molecular weight is 1410 g/mol. The molecule has 0 bridgehead atoms. The second kappa shape index (κ2) is 33.0. The molecule has 26 nitrogen and oxygen atoms in total. The quantitative estimate of drug-likeness (QED) is 0.0398. The summed E-state index contributed by atoms with van der Waals surface area (Å²) >= 11 is 0. The SMILES string of the molecule is CCS(=O)(=O)c1cncc(-c2cc(C3CCC(O)CC3)n3nc(N[C@@H](C)COC)ncc23)c1.COC[C@H](C)Nc1ncc2c(-c3ccc(N4CCN(C)CC4)nc3)cc(C3CCC(C)CC3)n2n1.C[C@@H](COC(F)F)Nc1ncc2c(-c3cnn(C4COC4)c3)cc(C3CCC(O)CC3)n2n1. The number of pyridine rings is 2. The summed E-state index contributed by atoms with van der Waals surface area (Å²) in [5.41, 5.74) is 11.8. The number of nitrogens with zero attached hydrogens (tertiary/aromatic N) is 15. The van der Waals surface area contributed by atoms with Crippen LogP contribution in [-0.4, -0.2) is 210 Å². The number of aromatic nitrogens is 13. The van der Waals surface area contributed by atoms with Crippen molar-refractivity contribution in [1.29, 1.82) is 0 Å². The number of aliphatic hydroxyl groups is 2. The van der Waals surface area contributed by atoms with E-state index in [0.717, 1.165) is 145 Å². The number of aliphatic hydroxyl groups excluding tert-OH is 2. The molecule has 9 aromatic heterocycles. The molecule has 9 aromatic rings. The van der Waals surface area contributed by atoms with E-state index in [0.29, 0.717) is 55.8 Å². The number of likely N-dealkylation sites (N-methyl/N-ethyl adjacent to an activating group) is 1. The molecule has 5 aliphatic rings. The lowest BCUT2D eigenvalue weighted by Gasteiger charge is -2.33. The largest absolute Gasteiger partial charge is 0.393 e. The van der Waals surface area contributed by atoms with Crippen LogP contribution in [0.3, 0.4) is 0 Å². The van der Waals surface area contributed by atoms with E-state index in [9.17, 15) is 27.4 Å². The maximum absolute atomic E-state index is 12.4. The molecule has 3 aliphatic carbocycles. The number of methoxy groups -OCH3 is 2. The molecule has 5 fully saturated rings. The third kappa shape index (κ3) is 17.6. The van der Waals surface area contributed by atoms with Crippen LogP contribution in [-0.2, 0) is 28.8 Å². The van der Waals surface area contributed by atoms with Crippen LogP contribution in [0.5, 0.6) is 0 Å². The Labute approximate surface area is 588 Å². The zero-order valence-corrected chi connectivity index (χ0v) is 60.0. The molecule has 5 N–H and O–H groups in total. The molecule has 3 saturated carbocycles. The molecule has 2 saturated heterocycles. The Bertz CT molecular complexity index is 4290. The van der Waals surface area contributed by atoms with E-state index < -0.39 is 16.4 Å². The molecule has 0 aromatic carbocycles. The van der Waals surface area contributed by atoms with E-state index in [-0.39, 0.29) is 65.5 Å². The lowest BCUT2D eigenvalue weighted by atomic mass is 9.81. The molecule has 0 amide bonds. The topological polar surface area (TPSA) is 288 Å². The average Bonchev–Trinajstić information content (AvgIpc) is 1.67. The molecule has 2 aliphatic heterocycles. The molecule has 3 atom stereocenters. The Kier molecular flexibility index (Phi) is 23.8. The third-order valence-corrected chi connectivity index (χ3v) is 22.0. The first-order valence-corrected chi connectivity index (χ1v) is 37.4. The molecule has 0 spiro atoms. The molecule has 0 unspecified atom stereocenters. The van der Waals surface area contributed by atoms with E-state index in [4.69, 9.17) is 34.5 Å². The van der Waals surface area contributed by atoms with Crippen molar-refractivity contribution < 1.29 is 46.4 Å². The van der Waals surface area contributed by atoms with E-state index >= 15 is 0 Å². The first kappa shape index (κ1) is 72.9. The lowest BCUT2D eigenvalue weighted by Crippen LogP contribution is -2.44. The second-order valence-electron chi connectivity index (χ2n) is 28.1. The van der Waals surface area contributed by atoms with Crippen molar-refractivity contribution in [2.45, 2.75) is 177 Å². The predicted octanol–water partition coefficient (Wildman–Crippen LogP) is 10.6. The van der Waals surface area contributed by atoms with E-state index in [1.165, 1.54) is 37.6 Å². The van der Waals surface area contributed by atoms with Crippen molar-refractivity contribution in [1.82, 2.24) is 68.4 Å². The summed E-state index contributed by atoms with van der Waals surface area (Å²) in [5, 5.41) is 48.5. The molecular formula is C72H98F2N18O8S. The molecular weight excluding hydrogens is 1310 g/mol. The van der Waals surface area contributed by atoms with Crippen LogP contribution < -0.4 is 20.9 Å². The maximum Gasteiger partial charge on any atom is 0.345 e. The molecule has 29 heteroatoms. The number of alkyl halides is 2. The van der Waals surface area contributed by atoms with Gasteiger partial charge in [-0.15, -0.1) is 15.3 Å². The Morgan fingerprint density at radius 2 is 1.06 bits per heavy atom. The van der Waals surface area contributed by atoms with Gasteiger partial charge in [0.1, 0.15) is 5.82 Å². The van der Waals surface area contributed by atoms with Crippen molar-refractivity contribution in [3.63, 3.8) is 0 Å². The molecule has 14 rings (SSSR count). The summed E-state index contributed by atoms with van der Waals surface area (Å²) in [7, 11) is 2.16. The minimum atomic E-state index is -3.38. The van der Waals surface area contributed by atoms with Gasteiger partial charge in [-0.25, -0.2) is 41.9 Å². The second-order valence-corrected chi connectivity index (χ2v) is 30.4. The van der Waals surface area contributed by atoms with Crippen LogP contribution in [0, 0.1) is 5.92 Å². The first-order valence-electron chi connectivity index (χ1n) is 35.7. The summed E-state index contributed by atoms with van der Waals surface area (Å²) in [6.07, 6.45) is 25.3. The van der Waals surface area contributed by atoms with Gasteiger partial charge in [-0.05, 0) is 134 Å². The fraction of sp³-hybridized carbons (Fsp3) is 0.569. The van der Waals surface area contributed by atoms with Crippen molar-refractivity contribution in [2.75, 3.05) is 107 Å². The van der Waals surface area contributed by atoms with Gasteiger partial charge in [0.2, 0.25) is 17.8 Å². The number of halogens is 2. The summed E-state index contributed by atoms with van der Waals surface area (Å²) in [6, 6.07) is 12.6. The van der Waals surface area contributed by atoms with Gasteiger partial charge in [-0.2, -0.15) is 13.9 Å². The zero-order valence-electron chi connectivity index (χ0n) is 59.2. The monoisotopic (exact) mass is 1410 g/mol. The number of rotatable bonds is 23. The van der Waals surface area contributed by atoms with Crippen molar-refractivity contribution in [2.24, 2.45) is 5.92 Å². The highest BCUT2D eigenvalue weighted by molar-refractivity contribution is 7.91. The number of hydrogen-bond donors (Lipinski definition) is 5. The number of nitrogens with one attached hydrogen (secondary N) is 3. The van der Waals surface area contributed by atoms with Gasteiger partial charge in [-0.3, -0.25) is 9.67 Å². The highest BCUT2D eigenvalue weighted by Gasteiger charge is 2.31. The number of anilines is 4. The van der Waals surface area contributed by atoms with Gasteiger partial charge in [-0.1, -0.05) is 26.7 Å². The maximum atomic E-state index is 12.4. The number of fused-ring (bicyclic) bond motifs is 3. The van der Waals surface area contributed by atoms with E-state index in [2.05, 4.69) is 111 Å². The van der Waals surface area contributed by atoms with Crippen LogP contribution >= 0.6 is 0 Å². The van der Waals surface area contributed by atoms with Gasteiger partial charge in [0, 0.05) is 152 Å². The summed E-state index contributed by atoms with van der Waals surface area (Å²) < 4.78 is 77.5. The van der Waals surface area contributed by atoms with Crippen LogP contribution in [0.25, 0.3) is 49.9 Å². The van der Waals surface area contributed by atoms with E-state index in [1.54, 1.807) is 52.7 Å². The normalized spacial score (nSPS) is 21.7. The van der Waals surface area contributed by atoms with Gasteiger partial charge in [0.25, 0.3) is 0 Å². The molecule has 11 heterocycles. The van der Waals surface area contributed by atoms with Gasteiger partial charge < -0.3 is 54.9 Å². The van der Waals surface area contributed by atoms with Gasteiger partial charge >= 0.3 is 6.61 Å². The summed E-state index contributed by atoms with van der Waals surface area (Å²) in [5.74, 6) is 4.37. The van der Waals surface area contributed by atoms with Crippen LogP contribution in [0.15, 0.2) is 90.9 Å². The minimum Gasteiger partial charge on any atom is -0.393 e. The highest BCUT2D eigenvalue weighted by atomic mass is 32.2. The standard InChI is InChI=1S/C27H39N7O.C23H31N5O4S.C22H28F2N6O3/c1-19-5-7-21(8-6-19)24-15-23(25-17-29-27(31-34(24)25)30-20(2)18-35-4)22-9-10-26(28-16-22)33-13-11-32(3)12-14-33;1-4-33(30,31)19-9-17(11-24-12-19)20-10-21(16-5-7-18(29)8-6-16)28-22(20)13-25-23(27-28)26-15(2)14-32-3;1-13(10-33-21(23)24)27-22-25-8-20-18(15-7-26-29(9-15)16-11-32-12-16)6-19(30(20)28-22)14-2-4-17(31)5-3-14/h9-10,15-17,19-21H,5-8,11-14,18H2,1-4H3,(H,30,31);9-13,15-16,18,29H,4-8,14H2,1-3H3,(H,26,27);6-9,13-14,16-17,21,31H,2-5,10-12H2,1H3,(H,27,28)/t19?,20-,21?;15-,16?,18?;13-,14?,17?/m000/s1. The zero-order chi connectivity index (χ0) is 70.9. The fourth-order valence-corrected chi connectivity index (χ4v) is 15.2. The number of ether oxygens (including phenoxy) is 4. The van der Waals surface area contributed by atoms with Crippen molar-refractivity contribution in [3.05, 3.63) is 103 Å². The minimum absolute atomic E-state index is 0.0160. The third-order valence-electron chi connectivity index (χ3n) is 20.3. The Balaban J connectivity index is 0.000000143. The number of hydrogen-bond acceptors (Lipinski definition) is 22. The molecule has 101 heavy (non-hydrogen) atoms. The number of sulfone groups is 1. The first-order chi connectivity index (χ1) is 48.8. The number of piperazine rings is 1. The summed E-state index contributed by atoms with van der Waals surface area (Å²) in [6.45, 7) is 13.5.